The van der Waals surface area contributed by atoms with Gasteiger partial charge in [0.2, 0.25) is 0 Å². The molecular formula is C32H39N7O3. The molecule has 0 spiro atoms. The number of piperidine rings is 1. The molecule has 10 nitrogen and oxygen atoms in total. The number of carbonyl (C=O) groups is 1. The lowest BCUT2D eigenvalue weighted by molar-refractivity contribution is 0.0700. The van der Waals surface area contributed by atoms with Gasteiger partial charge in [-0.15, -0.1) is 0 Å². The summed E-state index contributed by atoms with van der Waals surface area (Å²) in [5.74, 6) is 4.16. The van der Waals surface area contributed by atoms with Gasteiger partial charge in [-0.25, -0.2) is 9.97 Å². The second-order valence-corrected chi connectivity index (χ2v) is 12.9. The number of fused-ring (bicyclic) bond motifs is 4. The van der Waals surface area contributed by atoms with E-state index < -0.39 is 0 Å². The van der Waals surface area contributed by atoms with Crippen LogP contribution in [0.3, 0.4) is 0 Å². The van der Waals surface area contributed by atoms with E-state index in [4.69, 9.17) is 25.2 Å². The van der Waals surface area contributed by atoms with Gasteiger partial charge in [-0.2, -0.15) is 0 Å². The lowest BCUT2D eigenvalue weighted by atomic mass is 10.0. The van der Waals surface area contributed by atoms with Crippen LogP contribution in [0.1, 0.15) is 36.0 Å². The number of amides is 1. The number of carbonyl (C=O) groups excluding carboxylic acids is 1. The van der Waals surface area contributed by atoms with Gasteiger partial charge in [-0.1, -0.05) is 0 Å². The van der Waals surface area contributed by atoms with Crippen LogP contribution in [0.5, 0.6) is 5.75 Å². The molecular weight excluding hydrogens is 530 g/mol. The second kappa shape index (κ2) is 9.70. The molecule has 2 bridgehead atoms. The number of imidazole rings is 1. The molecule has 3 aromatic heterocycles. The molecule has 42 heavy (non-hydrogen) atoms. The zero-order valence-corrected chi connectivity index (χ0v) is 24.6. The fourth-order valence-corrected chi connectivity index (χ4v) is 7.59. The Hall–Kier alpha value is -3.63. The van der Waals surface area contributed by atoms with Crippen LogP contribution < -0.4 is 15.4 Å². The van der Waals surface area contributed by atoms with Gasteiger partial charge in [0.05, 0.1) is 24.9 Å². The molecule has 1 aromatic carbocycles. The number of hydrogen-bond acceptors (Lipinski definition) is 7. The standard InChI is InChI=1S/C32H39N7O3/c1-36-29-23(10-22(12-26(29)42-3)32(40)39-16-21-6-8-24(39)28(21)33)34-31(36)25-11-20-7-9-27(37-13-19(14-37)17-41-2)35-30(20)38(25)15-18-4-5-18/h7,9-12,18-19,21,24,28H,4-6,8,13-17,33H2,1-3H3/t21?,24?,28-/m1/s1. The van der Waals surface area contributed by atoms with Crippen molar-refractivity contribution in [3.05, 3.63) is 35.9 Å². The zero-order chi connectivity index (χ0) is 28.7. The monoisotopic (exact) mass is 569 g/mol. The first kappa shape index (κ1) is 26.0. The fraction of sp³-hybridized carbons (Fsp3) is 0.531. The quantitative estimate of drug-likeness (QED) is 0.346. The Morgan fingerprint density at radius 2 is 1.86 bits per heavy atom. The van der Waals surface area contributed by atoms with Crippen molar-refractivity contribution in [3.8, 4) is 17.3 Å². The summed E-state index contributed by atoms with van der Waals surface area (Å²) >= 11 is 0. The van der Waals surface area contributed by atoms with Gasteiger partial charge in [0.25, 0.3) is 5.91 Å². The normalized spacial score (nSPS) is 23.9. The number of aromatic nitrogens is 4. The Morgan fingerprint density at radius 3 is 2.55 bits per heavy atom. The minimum Gasteiger partial charge on any atom is -0.494 e. The Morgan fingerprint density at radius 1 is 1.02 bits per heavy atom. The molecule has 2 aliphatic carbocycles. The molecule has 2 saturated heterocycles. The largest absolute Gasteiger partial charge is 0.494 e. The molecule has 2 aliphatic heterocycles. The zero-order valence-electron chi connectivity index (χ0n) is 24.6. The van der Waals surface area contributed by atoms with Crippen molar-refractivity contribution >= 4 is 33.8 Å². The van der Waals surface area contributed by atoms with Crippen molar-refractivity contribution in [3.63, 3.8) is 0 Å². The topological polar surface area (TPSA) is 104 Å². The van der Waals surface area contributed by atoms with Gasteiger partial charge in [0.15, 0.2) is 5.82 Å². The van der Waals surface area contributed by atoms with Crippen LogP contribution >= 0.6 is 0 Å². The smallest absolute Gasteiger partial charge is 0.254 e. The van der Waals surface area contributed by atoms with Crippen LogP contribution in [-0.4, -0.2) is 82.5 Å². The van der Waals surface area contributed by atoms with Gasteiger partial charge in [-0.05, 0) is 67.9 Å². The Labute approximate surface area is 245 Å². The molecule has 1 amide bonds. The van der Waals surface area contributed by atoms with Crippen LogP contribution in [-0.2, 0) is 18.3 Å². The van der Waals surface area contributed by atoms with E-state index in [2.05, 4.69) is 32.2 Å². The summed E-state index contributed by atoms with van der Waals surface area (Å²) in [7, 11) is 5.45. The summed E-state index contributed by atoms with van der Waals surface area (Å²) in [6.45, 7) is 4.39. The number of nitrogens with zero attached hydrogens (tertiary/aromatic N) is 6. The fourth-order valence-electron chi connectivity index (χ4n) is 7.59. The molecule has 4 aliphatic rings. The van der Waals surface area contributed by atoms with E-state index in [1.54, 1.807) is 14.2 Å². The van der Waals surface area contributed by atoms with E-state index in [-0.39, 0.29) is 18.0 Å². The maximum atomic E-state index is 13.7. The molecule has 0 radical (unpaired) electrons. The molecule has 10 heteroatoms. The first-order valence-electron chi connectivity index (χ1n) is 15.3. The average molecular weight is 570 g/mol. The number of benzene rings is 1. The van der Waals surface area contributed by atoms with Crippen molar-refractivity contribution in [1.82, 2.24) is 24.0 Å². The number of nitrogens with two attached hydrogens (primary N) is 1. The number of hydrogen-bond donors (Lipinski definition) is 1. The van der Waals surface area contributed by atoms with Crippen LogP contribution in [0, 0.1) is 17.8 Å². The third-order valence-corrected chi connectivity index (χ3v) is 10.1. The number of pyridine rings is 1. The molecule has 3 atom stereocenters. The number of rotatable bonds is 8. The second-order valence-electron chi connectivity index (χ2n) is 12.9. The van der Waals surface area contributed by atoms with E-state index >= 15 is 0 Å². The third-order valence-electron chi connectivity index (χ3n) is 10.1. The third kappa shape index (κ3) is 4.02. The molecule has 2 N–H and O–H groups in total. The van der Waals surface area contributed by atoms with Crippen LogP contribution in [0.15, 0.2) is 30.3 Å². The molecule has 220 valence electrons. The molecule has 4 fully saturated rings. The van der Waals surface area contributed by atoms with Crippen molar-refractivity contribution in [1.29, 1.82) is 0 Å². The first-order valence-corrected chi connectivity index (χ1v) is 15.3. The lowest BCUT2D eigenvalue weighted by Gasteiger charge is -2.39. The number of likely N-dealkylation sites (tertiary alicyclic amines) is 1. The van der Waals surface area contributed by atoms with Crippen LogP contribution in [0.2, 0.25) is 0 Å². The highest BCUT2D eigenvalue weighted by molar-refractivity contribution is 6.00. The van der Waals surface area contributed by atoms with E-state index in [1.165, 1.54) is 12.8 Å². The summed E-state index contributed by atoms with van der Waals surface area (Å²) in [6, 6.07) is 10.5. The van der Waals surface area contributed by atoms with Gasteiger partial charge < -0.3 is 34.1 Å². The summed E-state index contributed by atoms with van der Waals surface area (Å²) in [4.78, 5) is 28.3. The van der Waals surface area contributed by atoms with Crippen LogP contribution in [0.25, 0.3) is 33.6 Å². The predicted molar refractivity (Wildman–Crippen MR) is 162 cm³/mol. The van der Waals surface area contributed by atoms with Gasteiger partial charge in [0.1, 0.15) is 22.7 Å². The Bertz CT molecular complexity index is 1700. The van der Waals surface area contributed by atoms with Crippen LogP contribution in [0.4, 0.5) is 5.82 Å². The Balaban J connectivity index is 1.19. The predicted octanol–water partition coefficient (Wildman–Crippen LogP) is 3.65. The summed E-state index contributed by atoms with van der Waals surface area (Å²) in [5.41, 5.74) is 10.7. The Kier molecular flexibility index (Phi) is 6.01. The minimum absolute atomic E-state index is 0.0170. The summed E-state index contributed by atoms with van der Waals surface area (Å²) in [5, 5.41) is 1.11. The highest BCUT2D eigenvalue weighted by Crippen LogP contribution is 2.40. The molecule has 8 rings (SSSR count). The number of anilines is 1. The number of ether oxygens (including phenoxy) is 2. The first-order chi connectivity index (χ1) is 20.4. The maximum absolute atomic E-state index is 13.7. The van der Waals surface area contributed by atoms with Crippen molar-refractivity contribution in [2.75, 3.05) is 45.4 Å². The lowest BCUT2D eigenvalue weighted by Crippen LogP contribution is -2.49. The molecule has 2 unspecified atom stereocenters. The highest BCUT2D eigenvalue weighted by Gasteiger charge is 2.47. The summed E-state index contributed by atoms with van der Waals surface area (Å²) < 4.78 is 15.6. The SMILES string of the molecule is COCC1CN(c2ccc3cc(-c4nc5cc(C(=O)N6CC7CCC6[C@@H]7N)cc(OC)c5n4C)n(CC4CC4)c3n2)C1. The van der Waals surface area contributed by atoms with Gasteiger partial charge in [0, 0.05) is 69.3 Å². The van der Waals surface area contributed by atoms with E-state index in [0.717, 1.165) is 85.0 Å². The van der Waals surface area contributed by atoms with Crippen molar-refractivity contribution < 1.29 is 14.3 Å². The van der Waals surface area contributed by atoms with Crippen molar-refractivity contribution in [2.24, 2.45) is 30.5 Å². The van der Waals surface area contributed by atoms with Gasteiger partial charge in [-0.3, -0.25) is 4.79 Å². The number of methoxy groups -OCH3 is 2. The number of aryl methyl sites for hydroxylation is 1. The average Bonchev–Trinajstić information content (AvgIpc) is 3.38. The maximum Gasteiger partial charge on any atom is 0.254 e. The molecule has 4 aromatic rings. The highest BCUT2D eigenvalue weighted by atomic mass is 16.5. The van der Waals surface area contributed by atoms with Crippen molar-refractivity contribution in [2.45, 2.75) is 44.3 Å². The van der Waals surface area contributed by atoms with Gasteiger partial charge >= 0.3 is 0 Å². The van der Waals surface area contributed by atoms with E-state index in [0.29, 0.717) is 29.1 Å². The minimum atomic E-state index is 0.0170. The van der Waals surface area contributed by atoms with E-state index in [9.17, 15) is 4.79 Å². The summed E-state index contributed by atoms with van der Waals surface area (Å²) in [6.07, 6.45) is 4.58. The molecule has 5 heterocycles. The molecule has 2 saturated carbocycles. The van der Waals surface area contributed by atoms with E-state index in [1.807, 2.05) is 24.1 Å².